The highest BCUT2D eigenvalue weighted by Gasteiger charge is 2.12. The summed E-state index contributed by atoms with van der Waals surface area (Å²) in [6.07, 6.45) is 6.50. The first-order chi connectivity index (χ1) is 5.48. The second kappa shape index (κ2) is 5.79. The van der Waals surface area contributed by atoms with Crippen LogP contribution in [0.5, 0.6) is 0 Å². The van der Waals surface area contributed by atoms with E-state index in [1.165, 1.54) is 0 Å². The monoisotopic (exact) mass is 212 g/mol. The van der Waals surface area contributed by atoms with Gasteiger partial charge in [0.05, 0.1) is 5.94 Å². The van der Waals surface area contributed by atoms with Crippen molar-refractivity contribution in [2.75, 3.05) is 24.2 Å². The van der Waals surface area contributed by atoms with Crippen molar-refractivity contribution in [1.82, 2.24) is 0 Å². The minimum atomic E-state index is -2.66. The van der Waals surface area contributed by atoms with E-state index in [2.05, 4.69) is 24.0 Å². The lowest BCUT2D eigenvalue weighted by molar-refractivity contribution is 0.356. The van der Waals surface area contributed by atoms with Crippen molar-refractivity contribution >= 4 is 17.9 Å². The molecule has 0 radical (unpaired) electrons. The standard InChI is InChI=1S/C7H17O3PS/c1-4-5-6-12(2,3)7-10-11(8)9/h4-7H2,1-3H3. The first kappa shape index (κ1) is 12.2. The van der Waals surface area contributed by atoms with Crippen LogP contribution in [0.25, 0.3) is 0 Å². The lowest BCUT2D eigenvalue weighted by atomic mass is 10.4. The molecule has 0 spiro atoms. The van der Waals surface area contributed by atoms with Crippen molar-refractivity contribution < 1.29 is 13.7 Å². The van der Waals surface area contributed by atoms with Gasteiger partial charge in [-0.2, -0.15) is 0 Å². The number of rotatable bonds is 6. The third kappa shape index (κ3) is 6.89. The summed E-state index contributed by atoms with van der Waals surface area (Å²) in [6, 6.07) is 0. The molecule has 0 atom stereocenters. The van der Waals surface area contributed by atoms with Crippen LogP contribution in [0.2, 0.25) is 0 Å². The SMILES string of the molecule is CCCCS(C)(C)COP(=O)=O. The van der Waals surface area contributed by atoms with Crippen LogP contribution in [0.15, 0.2) is 0 Å². The van der Waals surface area contributed by atoms with Crippen molar-refractivity contribution in [1.29, 1.82) is 0 Å². The Bertz CT molecular complexity index is 181. The van der Waals surface area contributed by atoms with Crippen LogP contribution in [-0.2, 0) is 13.7 Å². The summed E-state index contributed by atoms with van der Waals surface area (Å²) in [4.78, 5) is 0. The van der Waals surface area contributed by atoms with Gasteiger partial charge < -0.3 is 0 Å². The summed E-state index contributed by atoms with van der Waals surface area (Å²) >= 11 is 0. The van der Waals surface area contributed by atoms with E-state index in [0.717, 1.165) is 18.6 Å². The van der Waals surface area contributed by atoms with Crippen LogP contribution in [0.4, 0.5) is 0 Å². The zero-order valence-corrected chi connectivity index (χ0v) is 9.62. The van der Waals surface area contributed by atoms with Gasteiger partial charge >= 0.3 is 7.91 Å². The molecule has 0 aromatic rings. The highest BCUT2D eigenvalue weighted by Crippen LogP contribution is 2.41. The molecule has 12 heavy (non-hydrogen) atoms. The van der Waals surface area contributed by atoms with Gasteiger partial charge in [-0.15, -0.1) is 0 Å². The number of unbranched alkanes of at least 4 members (excludes halogenated alkanes) is 1. The minimum absolute atomic E-state index is 0.381. The average molecular weight is 212 g/mol. The summed E-state index contributed by atoms with van der Waals surface area (Å²) in [5.41, 5.74) is 0. The van der Waals surface area contributed by atoms with Gasteiger partial charge in [0, 0.05) is 0 Å². The summed E-state index contributed by atoms with van der Waals surface area (Å²) in [5.74, 6) is 1.47. The Kier molecular flexibility index (Phi) is 5.89. The minimum Gasteiger partial charge on any atom is -0.262 e. The molecule has 0 fully saturated rings. The van der Waals surface area contributed by atoms with Gasteiger partial charge in [0.1, 0.15) is 0 Å². The molecule has 0 N–H and O–H groups in total. The molecule has 74 valence electrons. The highest BCUT2D eigenvalue weighted by atomic mass is 32.3. The second-order valence-electron chi connectivity index (χ2n) is 3.30. The molecule has 0 amide bonds. The molecule has 0 aromatic heterocycles. The molecule has 0 heterocycles. The van der Waals surface area contributed by atoms with E-state index < -0.39 is 17.9 Å². The third-order valence-corrected chi connectivity index (χ3v) is 4.19. The predicted molar refractivity (Wildman–Crippen MR) is 53.5 cm³/mol. The predicted octanol–water partition coefficient (Wildman–Crippen LogP) is 2.91. The Morgan fingerprint density at radius 2 is 1.92 bits per heavy atom. The van der Waals surface area contributed by atoms with Gasteiger partial charge in [0.2, 0.25) is 0 Å². The molecule has 0 unspecified atom stereocenters. The molecular formula is C7H17O3PS. The van der Waals surface area contributed by atoms with E-state index in [4.69, 9.17) is 0 Å². The van der Waals surface area contributed by atoms with Crippen LogP contribution < -0.4 is 0 Å². The molecule has 0 aromatic carbocycles. The normalized spacial score (nSPS) is 12.9. The quantitative estimate of drug-likeness (QED) is 0.636. The van der Waals surface area contributed by atoms with Gasteiger partial charge in [-0.3, -0.25) is 4.52 Å². The van der Waals surface area contributed by atoms with E-state index >= 15 is 0 Å². The van der Waals surface area contributed by atoms with Crippen LogP contribution in [-0.4, -0.2) is 24.2 Å². The smallest absolute Gasteiger partial charge is 0.262 e. The largest absolute Gasteiger partial charge is 0.468 e. The maximum absolute atomic E-state index is 10.1. The Morgan fingerprint density at radius 1 is 1.33 bits per heavy atom. The maximum atomic E-state index is 10.1. The lowest BCUT2D eigenvalue weighted by Gasteiger charge is -2.28. The Labute approximate surface area is 76.1 Å². The van der Waals surface area contributed by atoms with E-state index in [9.17, 15) is 9.13 Å². The Balaban J connectivity index is 3.70. The highest BCUT2D eigenvalue weighted by molar-refractivity contribution is 8.32. The molecule has 3 nitrogen and oxygen atoms in total. The summed E-state index contributed by atoms with van der Waals surface area (Å²) < 4.78 is 24.9. The van der Waals surface area contributed by atoms with E-state index in [1.807, 2.05) is 0 Å². The van der Waals surface area contributed by atoms with Crippen molar-refractivity contribution in [2.45, 2.75) is 19.8 Å². The Hall–Kier alpha value is 0.210. The fraction of sp³-hybridized carbons (Fsp3) is 1.00. The van der Waals surface area contributed by atoms with Crippen molar-refractivity contribution in [3.8, 4) is 0 Å². The zero-order chi connectivity index (χ0) is 9.61. The average Bonchev–Trinajstić information content (AvgIpc) is 1.98. The van der Waals surface area contributed by atoms with Crippen LogP contribution in [0.1, 0.15) is 19.8 Å². The lowest BCUT2D eigenvalue weighted by Crippen LogP contribution is -2.06. The second-order valence-corrected chi connectivity index (χ2v) is 8.18. The van der Waals surface area contributed by atoms with Crippen molar-refractivity contribution in [3.05, 3.63) is 0 Å². The third-order valence-electron chi connectivity index (χ3n) is 1.53. The fourth-order valence-electron chi connectivity index (χ4n) is 0.780. The molecular weight excluding hydrogens is 195 g/mol. The van der Waals surface area contributed by atoms with Gasteiger partial charge in [0.15, 0.2) is 0 Å². The molecule has 0 bridgehead atoms. The Morgan fingerprint density at radius 3 is 2.33 bits per heavy atom. The van der Waals surface area contributed by atoms with Crippen LogP contribution in [0.3, 0.4) is 0 Å². The van der Waals surface area contributed by atoms with E-state index in [1.54, 1.807) is 0 Å². The van der Waals surface area contributed by atoms with Gasteiger partial charge in [-0.1, -0.05) is 13.3 Å². The first-order valence-electron chi connectivity index (χ1n) is 3.94. The zero-order valence-electron chi connectivity index (χ0n) is 7.91. The molecule has 0 saturated heterocycles. The van der Waals surface area contributed by atoms with E-state index in [0.29, 0.717) is 5.94 Å². The first-order valence-corrected chi connectivity index (χ1v) is 7.82. The van der Waals surface area contributed by atoms with Gasteiger partial charge in [-0.25, -0.2) is 19.2 Å². The number of hydrogen-bond acceptors (Lipinski definition) is 3. The molecule has 0 rings (SSSR count). The summed E-state index contributed by atoms with van der Waals surface area (Å²) in [6.45, 7) is 2.13. The van der Waals surface area contributed by atoms with Gasteiger partial charge in [0.25, 0.3) is 0 Å². The van der Waals surface area contributed by atoms with Gasteiger partial charge in [-0.05, 0) is 24.7 Å². The topological polar surface area (TPSA) is 43.4 Å². The van der Waals surface area contributed by atoms with Crippen molar-refractivity contribution in [2.24, 2.45) is 0 Å². The number of hydrogen-bond donors (Lipinski definition) is 0. The molecule has 5 heteroatoms. The molecule has 0 aliphatic carbocycles. The molecule has 0 aliphatic rings. The fourth-order valence-corrected chi connectivity index (χ4v) is 3.45. The van der Waals surface area contributed by atoms with Crippen LogP contribution in [0, 0.1) is 0 Å². The maximum Gasteiger partial charge on any atom is 0.468 e. The summed E-state index contributed by atoms with van der Waals surface area (Å²) in [7, 11) is -3.50. The van der Waals surface area contributed by atoms with Crippen LogP contribution >= 0.6 is 17.9 Å². The van der Waals surface area contributed by atoms with E-state index in [-0.39, 0.29) is 0 Å². The summed E-state index contributed by atoms with van der Waals surface area (Å²) in [5, 5.41) is 0. The van der Waals surface area contributed by atoms with Crippen molar-refractivity contribution in [3.63, 3.8) is 0 Å². The molecule has 0 saturated carbocycles. The molecule has 0 aliphatic heterocycles.